The van der Waals surface area contributed by atoms with E-state index < -0.39 is 0 Å². The average Bonchev–Trinajstić information content (AvgIpc) is 4.02. The molecule has 13 rings (SSSR count). The van der Waals surface area contributed by atoms with E-state index in [1.54, 1.807) is 0 Å². The summed E-state index contributed by atoms with van der Waals surface area (Å²) in [5.74, 6) is 0. The Labute approximate surface area is 476 Å². The van der Waals surface area contributed by atoms with E-state index in [9.17, 15) is 0 Å². The predicted molar refractivity (Wildman–Crippen MR) is 345 cm³/mol. The number of fused-ring (bicyclic) bond motifs is 12. The van der Waals surface area contributed by atoms with E-state index >= 15 is 0 Å². The second-order valence-electron chi connectivity index (χ2n) is 29.7. The molecule has 404 valence electrons. The Hall–Kier alpha value is -7.24. The fraction of sp³-hybridized carbons (Fsp3) is 0.333. The number of benzene rings is 8. The highest BCUT2D eigenvalue weighted by molar-refractivity contribution is 7.00. The van der Waals surface area contributed by atoms with Gasteiger partial charge in [-0.25, -0.2) is 0 Å². The number of aromatic nitrogens is 1. The average molecular weight is 1050 g/mol. The second kappa shape index (κ2) is 16.9. The van der Waals surface area contributed by atoms with Gasteiger partial charge < -0.3 is 18.8 Å². The minimum atomic E-state index is -0.260. The monoisotopic (exact) mass is 1050 g/mol. The summed E-state index contributed by atoms with van der Waals surface area (Å²) in [7, 11) is 0. The Morgan fingerprint density at radius 1 is 0.463 bits per heavy atom. The molecular formula is C75H80BN3O. The van der Waals surface area contributed by atoms with Gasteiger partial charge in [0.1, 0.15) is 5.58 Å². The van der Waals surface area contributed by atoms with Crippen LogP contribution in [0.3, 0.4) is 0 Å². The van der Waals surface area contributed by atoms with E-state index in [-0.39, 0.29) is 39.2 Å². The minimum Gasteiger partial charge on any atom is -0.454 e. The van der Waals surface area contributed by atoms with Crippen molar-refractivity contribution >= 4 is 90.1 Å². The molecular weight excluding hydrogens is 970 g/mol. The lowest BCUT2D eigenvalue weighted by atomic mass is 9.33. The lowest BCUT2D eigenvalue weighted by Crippen LogP contribution is -2.61. The molecule has 3 aliphatic rings. The van der Waals surface area contributed by atoms with Crippen LogP contribution in [0.2, 0.25) is 0 Å². The Bertz CT molecular complexity index is 4210. The van der Waals surface area contributed by atoms with Crippen LogP contribution in [0.15, 0.2) is 144 Å². The molecule has 4 heterocycles. The summed E-state index contributed by atoms with van der Waals surface area (Å²) in [6, 6.07) is 54.8. The van der Waals surface area contributed by atoms with Crippen molar-refractivity contribution in [1.82, 2.24) is 4.57 Å². The molecule has 0 N–H and O–H groups in total. The molecule has 0 saturated carbocycles. The number of para-hydroxylation sites is 1. The molecule has 0 atom stereocenters. The van der Waals surface area contributed by atoms with Crippen LogP contribution in [0.4, 0.5) is 34.1 Å². The van der Waals surface area contributed by atoms with Gasteiger partial charge in [-0.1, -0.05) is 203 Å². The Balaban J connectivity index is 1.18. The van der Waals surface area contributed by atoms with Gasteiger partial charge >= 0.3 is 0 Å². The van der Waals surface area contributed by atoms with E-state index in [2.05, 4.69) is 285 Å². The second-order valence-corrected chi connectivity index (χ2v) is 29.7. The fourth-order valence-corrected chi connectivity index (χ4v) is 13.9. The number of furan rings is 1. The van der Waals surface area contributed by atoms with Crippen molar-refractivity contribution in [3.05, 3.63) is 190 Å². The molecule has 8 aromatic carbocycles. The molecule has 5 heteroatoms. The van der Waals surface area contributed by atoms with Crippen LogP contribution in [-0.4, -0.2) is 11.3 Å². The Kier molecular flexibility index (Phi) is 11.0. The van der Waals surface area contributed by atoms with E-state index in [1.807, 2.05) is 0 Å². The van der Waals surface area contributed by atoms with E-state index in [0.29, 0.717) is 0 Å². The molecule has 0 spiro atoms. The van der Waals surface area contributed by atoms with Crippen LogP contribution in [0, 0.1) is 13.8 Å². The third-order valence-corrected chi connectivity index (χ3v) is 18.5. The van der Waals surface area contributed by atoms with E-state index in [4.69, 9.17) is 4.42 Å². The van der Waals surface area contributed by atoms with Crippen molar-refractivity contribution in [1.29, 1.82) is 0 Å². The Morgan fingerprint density at radius 2 is 1.04 bits per heavy atom. The summed E-state index contributed by atoms with van der Waals surface area (Å²) >= 11 is 0. The first-order valence-electron chi connectivity index (χ1n) is 29.4. The summed E-state index contributed by atoms with van der Waals surface area (Å²) in [5.41, 5.74) is 29.2. The zero-order chi connectivity index (χ0) is 56.9. The van der Waals surface area contributed by atoms with Crippen molar-refractivity contribution in [2.24, 2.45) is 0 Å². The third kappa shape index (κ3) is 7.68. The normalized spacial score (nSPS) is 14.7. The molecule has 0 fully saturated rings. The molecule has 0 radical (unpaired) electrons. The van der Waals surface area contributed by atoms with Gasteiger partial charge in [-0.2, -0.15) is 0 Å². The molecule has 2 aliphatic heterocycles. The zero-order valence-corrected chi connectivity index (χ0v) is 51.1. The number of anilines is 6. The summed E-state index contributed by atoms with van der Waals surface area (Å²) < 4.78 is 10.1. The first kappa shape index (κ1) is 52.2. The van der Waals surface area contributed by atoms with Crippen LogP contribution in [0.5, 0.6) is 0 Å². The van der Waals surface area contributed by atoms with Crippen molar-refractivity contribution in [3.63, 3.8) is 0 Å². The molecule has 1 aliphatic carbocycles. The van der Waals surface area contributed by atoms with Crippen LogP contribution in [0.25, 0.3) is 49.7 Å². The number of hydrogen-bond donors (Lipinski definition) is 0. The summed E-state index contributed by atoms with van der Waals surface area (Å²) in [5, 5.41) is 3.61. The number of aryl methyl sites for hydroxylation is 2. The maximum Gasteiger partial charge on any atom is 0.252 e. The highest BCUT2D eigenvalue weighted by Crippen LogP contribution is 2.56. The van der Waals surface area contributed by atoms with Gasteiger partial charge in [0.25, 0.3) is 6.71 Å². The van der Waals surface area contributed by atoms with Crippen molar-refractivity contribution in [2.45, 2.75) is 164 Å². The van der Waals surface area contributed by atoms with Crippen LogP contribution < -0.4 is 26.2 Å². The molecule has 2 aromatic heterocycles. The number of hydrogen-bond acceptors (Lipinski definition) is 3. The largest absolute Gasteiger partial charge is 0.454 e. The van der Waals surface area contributed by atoms with Crippen molar-refractivity contribution in [2.75, 3.05) is 9.80 Å². The minimum absolute atomic E-state index is 0.00367. The van der Waals surface area contributed by atoms with E-state index in [0.717, 1.165) is 39.0 Å². The quantitative estimate of drug-likeness (QED) is 0.164. The molecule has 0 saturated heterocycles. The molecule has 0 unspecified atom stereocenters. The van der Waals surface area contributed by atoms with Crippen LogP contribution in [0.1, 0.15) is 168 Å². The summed E-state index contributed by atoms with van der Waals surface area (Å²) in [6.45, 7) is 44.4. The van der Waals surface area contributed by atoms with E-state index in [1.165, 1.54) is 111 Å². The van der Waals surface area contributed by atoms with Gasteiger partial charge in [0.2, 0.25) is 0 Å². The number of rotatable bonds is 4. The lowest BCUT2D eigenvalue weighted by Gasteiger charge is -2.43. The van der Waals surface area contributed by atoms with Crippen molar-refractivity contribution < 1.29 is 4.42 Å². The molecule has 0 amide bonds. The highest BCUT2D eigenvalue weighted by Gasteiger charge is 2.49. The zero-order valence-electron chi connectivity index (χ0n) is 51.1. The molecule has 10 aromatic rings. The van der Waals surface area contributed by atoms with Gasteiger partial charge in [-0.15, -0.1) is 0 Å². The van der Waals surface area contributed by atoms with Crippen molar-refractivity contribution in [3.8, 4) is 16.8 Å². The summed E-state index contributed by atoms with van der Waals surface area (Å²) in [6.07, 6.45) is 0. The van der Waals surface area contributed by atoms with Gasteiger partial charge in [0.05, 0.1) is 5.69 Å². The van der Waals surface area contributed by atoms with Gasteiger partial charge in [0.15, 0.2) is 5.58 Å². The maximum absolute atomic E-state index is 7.33. The molecule has 0 bridgehead atoms. The fourth-order valence-electron chi connectivity index (χ4n) is 13.9. The molecule has 80 heavy (non-hydrogen) atoms. The third-order valence-electron chi connectivity index (χ3n) is 18.5. The lowest BCUT2D eigenvalue weighted by molar-refractivity contribution is 0.587. The topological polar surface area (TPSA) is 24.6 Å². The van der Waals surface area contributed by atoms with Gasteiger partial charge in [-0.3, -0.25) is 0 Å². The highest BCUT2D eigenvalue weighted by atomic mass is 16.3. The Morgan fingerprint density at radius 3 is 1.65 bits per heavy atom. The van der Waals surface area contributed by atoms with Gasteiger partial charge in [0, 0.05) is 72.5 Å². The smallest absolute Gasteiger partial charge is 0.252 e. The first-order chi connectivity index (χ1) is 37.4. The van der Waals surface area contributed by atoms with Gasteiger partial charge in [-0.05, 0) is 162 Å². The van der Waals surface area contributed by atoms with Crippen LogP contribution in [-0.2, 0) is 32.5 Å². The number of nitrogens with zero attached hydrogens (tertiary/aromatic N) is 3. The van der Waals surface area contributed by atoms with Crippen LogP contribution >= 0.6 is 0 Å². The maximum atomic E-state index is 7.33. The predicted octanol–water partition coefficient (Wildman–Crippen LogP) is 19.0. The first-order valence-corrected chi connectivity index (χ1v) is 29.4. The standard InChI is InChI=1S/C75H80BN3O/c1-43-35-45(70(3,4)5)28-33-58(43)77(59-34-29-46(36-44(59)2)71(6,7)8)50-30-32-56-61(42-50)78(60-26-22-24-52-51-31-27-47(72(9,10)11)41-64(51)80-68(52)60)62-39-49(74(15,16)17)40-63-66(62)76(56)57-38-48(73(12,13)14)37-54-65-53-23-20-21-25-55(53)75(18,19)69(65)79(63)67(54)57/h20-42H,1-19H3. The SMILES string of the molecule is Cc1cc(C(C)(C)C)ccc1N(c1ccc2c(c1)N(c1cccc3c1oc1cc(C(C)(C)C)ccc13)c1cc(C(C)(C)C)cc3c1B2c1cc(C(C)(C)C)cc2c4c(n-3c12)C(C)(C)c1ccccc1-4)c1ccc(C(C)(C)C)cc1C. The molecule has 4 nitrogen and oxygen atoms in total. The summed E-state index contributed by atoms with van der Waals surface area (Å²) in [4.78, 5) is 5.15.